The third-order valence-electron chi connectivity index (χ3n) is 2.97. The second kappa shape index (κ2) is 4.97. The third kappa shape index (κ3) is 2.43. The number of nitrogens with one attached hydrogen (secondary N) is 1. The summed E-state index contributed by atoms with van der Waals surface area (Å²) >= 11 is 1.03. The zero-order chi connectivity index (χ0) is 15.0. The Kier molecular flexibility index (Phi) is 3.26. The van der Waals surface area contributed by atoms with Gasteiger partial charge >= 0.3 is 0 Å². The Morgan fingerprint density at radius 3 is 2.86 bits per heavy atom. The fourth-order valence-electron chi connectivity index (χ4n) is 2.00. The molecule has 2 N–H and O–H groups in total. The highest BCUT2D eigenvalue weighted by molar-refractivity contribution is 7.93. The highest BCUT2D eigenvalue weighted by Crippen LogP contribution is 2.35. The summed E-state index contributed by atoms with van der Waals surface area (Å²) in [7, 11) is -3.60. The molecular weight excluding hydrogens is 312 g/mol. The molecule has 8 heteroatoms. The average Bonchev–Trinajstić information content (AvgIpc) is 2.95. The van der Waals surface area contributed by atoms with Crippen molar-refractivity contribution < 1.29 is 18.3 Å². The molecule has 0 radical (unpaired) electrons. The summed E-state index contributed by atoms with van der Waals surface area (Å²) in [6.45, 7) is 0. The minimum atomic E-state index is -3.60. The lowest BCUT2D eigenvalue weighted by Gasteiger charge is -2.16. The van der Waals surface area contributed by atoms with Gasteiger partial charge in [-0.1, -0.05) is 6.07 Å². The van der Waals surface area contributed by atoms with Crippen LogP contribution in [0.5, 0.6) is 0 Å². The summed E-state index contributed by atoms with van der Waals surface area (Å²) in [6, 6.07) is 6.43. The van der Waals surface area contributed by atoms with Gasteiger partial charge in [0, 0.05) is 11.8 Å². The van der Waals surface area contributed by atoms with E-state index in [9.17, 15) is 18.3 Å². The molecule has 0 saturated heterocycles. The number of hydrogen-bond acceptors (Lipinski definition) is 6. The van der Waals surface area contributed by atoms with Crippen LogP contribution in [0.15, 0.2) is 45.6 Å². The third-order valence-corrected chi connectivity index (χ3v) is 6.18. The highest BCUT2D eigenvalue weighted by atomic mass is 32.2. The molecule has 2 aromatic heterocycles. The van der Waals surface area contributed by atoms with Crippen molar-refractivity contribution in [3.63, 3.8) is 0 Å². The van der Waals surface area contributed by atoms with Crippen LogP contribution in [0.3, 0.4) is 0 Å². The number of nitrogens with zero attached hydrogens (tertiary/aromatic N) is 1. The maximum absolute atomic E-state index is 12.2. The number of aromatic nitrogens is 1. The molecule has 0 fully saturated rings. The monoisotopic (exact) mass is 322 g/mol. The predicted octanol–water partition coefficient (Wildman–Crippen LogP) is 1.84. The molecule has 1 amide bonds. The topological polar surface area (TPSA) is 96.4 Å². The number of carbonyl (C=O) groups is 1. The van der Waals surface area contributed by atoms with Gasteiger partial charge < -0.3 is 10.4 Å². The lowest BCUT2D eigenvalue weighted by molar-refractivity contribution is -0.112. The number of thiophene rings is 1. The number of fused-ring (bicyclic) bond motifs is 1. The molecule has 6 nitrogen and oxygen atoms in total. The summed E-state index contributed by atoms with van der Waals surface area (Å²) < 4.78 is 24.3. The van der Waals surface area contributed by atoms with Gasteiger partial charge in [-0.3, -0.25) is 4.79 Å². The van der Waals surface area contributed by atoms with Crippen LogP contribution in [0, 0.1) is 0 Å². The van der Waals surface area contributed by atoms with Gasteiger partial charge in [0.05, 0.1) is 11.3 Å². The minimum Gasteiger partial charge on any atom is -0.507 e. The van der Waals surface area contributed by atoms with Crippen LogP contribution in [0.1, 0.15) is 5.56 Å². The van der Waals surface area contributed by atoms with Crippen LogP contribution >= 0.6 is 11.3 Å². The normalized spacial score (nSPS) is 16.4. The van der Waals surface area contributed by atoms with Crippen LogP contribution in [-0.2, 0) is 14.6 Å². The highest BCUT2D eigenvalue weighted by Gasteiger charge is 2.34. The van der Waals surface area contributed by atoms with Gasteiger partial charge in [-0.25, -0.2) is 13.4 Å². The summed E-state index contributed by atoms with van der Waals surface area (Å²) in [6.07, 6.45) is 1.50. The Morgan fingerprint density at radius 2 is 2.14 bits per heavy atom. The molecule has 0 unspecified atom stereocenters. The Labute approximate surface area is 124 Å². The number of aliphatic hydroxyl groups excluding tert-OH is 1. The minimum absolute atomic E-state index is 0.0920. The number of rotatable bonds is 2. The van der Waals surface area contributed by atoms with Crippen molar-refractivity contribution in [1.29, 1.82) is 0 Å². The van der Waals surface area contributed by atoms with E-state index in [2.05, 4.69) is 10.3 Å². The van der Waals surface area contributed by atoms with E-state index in [0.717, 1.165) is 11.3 Å². The molecule has 0 spiro atoms. The molecule has 3 rings (SSSR count). The van der Waals surface area contributed by atoms with E-state index in [1.54, 1.807) is 23.6 Å². The van der Waals surface area contributed by atoms with Crippen LogP contribution < -0.4 is 5.32 Å². The lowest BCUT2D eigenvalue weighted by atomic mass is 10.1. The standard InChI is InChI=1S/C13H10N2O4S2/c16-11-8-4-6-20-13(8)21(18,19)7-9(11)12(17)15-10-3-1-2-5-14-10/h1-6,16H,7H2,(H,14,15,17). The molecule has 2 aromatic rings. The average molecular weight is 322 g/mol. The molecule has 1 aliphatic rings. The summed E-state index contributed by atoms with van der Waals surface area (Å²) in [5.41, 5.74) is 0.00368. The van der Waals surface area contributed by atoms with Crippen molar-refractivity contribution in [2.24, 2.45) is 0 Å². The number of sulfone groups is 1. The maximum atomic E-state index is 12.2. The molecule has 21 heavy (non-hydrogen) atoms. The van der Waals surface area contributed by atoms with Crippen LogP contribution in [0.4, 0.5) is 5.82 Å². The summed E-state index contributed by atoms with van der Waals surface area (Å²) in [4.78, 5) is 16.1. The molecule has 0 saturated carbocycles. The number of amides is 1. The lowest BCUT2D eigenvalue weighted by Crippen LogP contribution is -2.25. The Hall–Kier alpha value is -2.19. The second-order valence-corrected chi connectivity index (χ2v) is 7.48. The van der Waals surface area contributed by atoms with Gasteiger partial charge in [0.25, 0.3) is 5.91 Å². The van der Waals surface area contributed by atoms with Crippen molar-refractivity contribution >= 4 is 38.7 Å². The van der Waals surface area contributed by atoms with Crippen molar-refractivity contribution in [2.45, 2.75) is 4.21 Å². The van der Waals surface area contributed by atoms with Crippen molar-refractivity contribution in [2.75, 3.05) is 11.1 Å². The first-order valence-corrected chi connectivity index (χ1v) is 8.47. The molecule has 0 aromatic carbocycles. The van der Waals surface area contributed by atoms with Gasteiger partial charge in [0.15, 0.2) is 9.84 Å². The maximum Gasteiger partial charge on any atom is 0.257 e. The number of hydrogen-bond donors (Lipinski definition) is 2. The van der Waals surface area contributed by atoms with Gasteiger partial charge in [0.1, 0.15) is 15.8 Å². The van der Waals surface area contributed by atoms with E-state index >= 15 is 0 Å². The number of anilines is 1. The van der Waals surface area contributed by atoms with Crippen molar-refractivity contribution in [3.8, 4) is 0 Å². The Balaban J connectivity index is 1.99. The molecule has 1 aliphatic heterocycles. The predicted molar refractivity (Wildman–Crippen MR) is 78.8 cm³/mol. The second-order valence-electron chi connectivity index (χ2n) is 4.38. The Morgan fingerprint density at radius 1 is 1.33 bits per heavy atom. The molecule has 0 aliphatic carbocycles. The Bertz CT molecular complexity index is 838. The van der Waals surface area contributed by atoms with Crippen molar-refractivity contribution in [1.82, 2.24) is 4.98 Å². The van der Waals surface area contributed by atoms with E-state index in [0.29, 0.717) is 0 Å². The molecule has 108 valence electrons. The quantitative estimate of drug-likeness (QED) is 0.879. The van der Waals surface area contributed by atoms with Gasteiger partial charge in [-0.15, -0.1) is 11.3 Å². The number of carbonyl (C=O) groups excluding carboxylic acids is 1. The van der Waals surface area contributed by atoms with Crippen LogP contribution in [0.25, 0.3) is 5.76 Å². The SMILES string of the molecule is O=C(Nc1ccccn1)C1=C(O)c2ccsc2S(=O)(=O)C1. The smallest absolute Gasteiger partial charge is 0.257 e. The first-order chi connectivity index (χ1) is 9.99. The van der Waals surface area contributed by atoms with Gasteiger partial charge in [0.2, 0.25) is 0 Å². The molecule has 0 bridgehead atoms. The summed E-state index contributed by atoms with van der Waals surface area (Å²) in [5.74, 6) is -1.21. The van der Waals surface area contributed by atoms with E-state index in [1.807, 2.05) is 0 Å². The molecular formula is C13H10N2O4S2. The number of aliphatic hydroxyl groups is 1. The first kappa shape index (κ1) is 13.8. The van der Waals surface area contributed by atoms with Crippen LogP contribution in [-0.4, -0.2) is 30.2 Å². The fraction of sp³-hybridized carbons (Fsp3) is 0.0769. The zero-order valence-corrected chi connectivity index (χ0v) is 12.2. The summed E-state index contributed by atoms with van der Waals surface area (Å²) in [5, 5.41) is 14.2. The van der Waals surface area contributed by atoms with Crippen LogP contribution in [0.2, 0.25) is 0 Å². The van der Waals surface area contributed by atoms with Gasteiger partial charge in [-0.05, 0) is 23.6 Å². The van der Waals surface area contributed by atoms with E-state index in [1.165, 1.54) is 12.3 Å². The largest absolute Gasteiger partial charge is 0.507 e. The van der Waals surface area contributed by atoms with E-state index < -0.39 is 21.5 Å². The van der Waals surface area contributed by atoms with Crippen molar-refractivity contribution in [3.05, 3.63) is 47.0 Å². The van der Waals surface area contributed by atoms with Gasteiger partial charge in [-0.2, -0.15) is 0 Å². The van der Waals surface area contributed by atoms with E-state index in [4.69, 9.17) is 0 Å². The molecule has 0 atom stereocenters. The first-order valence-electron chi connectivity index (χ1n) is 5.94. The number of pyridine rings is 1. The zero-order valence-electron chi connectivity index (χ0n) is 10.6. The van der Waals surface area contributed by atoms with E-state index in [-0.39, 0.29) is 26.9 Å². The molecule has 3 heterocycles. The fourth-order valence-corrected chi connectivity index (χ4v) is 4.83.